The number of fused-ring (bicyclic) bond motifs is 1. The highest BCUT2D eigenvalue weighted by Crippen LogP contribution is 2.44. The summed E-state index contributed by atoms with van der Waals surface area (Å²) in [6.07, 6.45) is 1.33. The van der Waals surface area contributed by atoms with Crippen molar-refractivity contribution in [2.75, 3.05) is 10.6 Å². The van der Waals surface area contributed by atoms with Crippen LogP contribution in [0.25, 0.3) is 0 Å². The maximum atomic E-state index is 13.5. The summed E-state index contributed by atoms with van der Waals surface area (Å²) >= 11 is 6.13. The molecule has 0 saturated carbocycles. The molecule has 30 heavy (non-hydrogen) atoms. The third-order valence-electron chi connectivity index (χ3n) is 6.03. The molecule has 0 fully saturated rings. The molecule has 1 heterocycles. The summed E-state index contributed by atoms with van der Waals surface area (Å²) in [7, 11) is 0. The Kier molecular flexibility index (Phi) is 4.84. The van der Waals surface area contributed by atoms with Gasteiger partial charge in [-0.05, 0) is 60.2 Å². The number of carbonyl (C=O) groups is 1. The molecule has 150 valence electrons. The fourth-order valence-corrected chi connectivity index (χ4v) is 4.65. The van der Waals surface area contributed by atoms with Crippen molar-refractivity contribution in [1.29, 1.82) is 0 Å². The molecule has 2 atom stereocenters. The predicted octanol–water partition coefficient (Wildman–Crippen LogP) is 6.63. The first-order valence-corrected chi connectivity index (χ1v) is 10.7. The second-order valence-corrected chi connectivity index (χ2v) is 8.57. The molecular weight excluding hydrogens is 392 g/mol. The first kappa shape index (κ1) is 19.0. The van der Waals surface area contributed by atoms with Crippen LogP contribution in [0.4, 0.5) is 11.4 Å². The molecule has 0 saturated heterocycles. The third kappa shape index (κ3) is 3.50. The van der Waals surface area contributed by atoms with Gasteiger partial charge in [-0.1, -0.05) is 60.1 Å². The smallest absolute Gasteiger partial charge is 0.163 e. The Balaban J connectivity index is 1.62. The summed E-state index contributed by atoms with van der Waals surface area (Å²) < 4.78 is 0. The van der Waals surface area contributed by atoms with Crippen LogP contribution in [0.5, 0.6) is 0 Å². The predicted molar refractivity (Wildman–Crippen MR) is 123 cm³/mol. The van der Waals surface area contributed by atoms with E-state index in [1.165, 1.54) is 11.1 Å². The first-order chi connectivity index (χ1) is 14.6. The topological polar surface area (TPSA) is 41.1 Å². The van der Waals surface area contributed by atoms with E-state index in [2.05, 4.69) is 47.9 Å². The zero-order valence-electron chi connectivity index (χ0n) is 16.8. The minimum absolute atomic E-state index is 0.183. The Morgan fingerprint density at radius 2 is 1.63 bits per heavy atom. The van der Waals surface area contributed by atoms with Crippen molar-refractivity contribution in [3.05, 3.63) is 106 Å². The Hall–Kier alpha value is -3.04. The number of hydrogen-bond acceptors (Lipinski definition) is 3. The van der Waals surface area contributed by atoms with Crippen LogP contribution in [-0.2, 0) is 4.79 Å². The van der Waals surface area contributed by atoms with Crippen molar-refractivity contribution in [3.63, 3.8) is 0 Å². The molecule has 4 heteroatoms. The molecule has 0 bridgehead atoms. The van der Waals surface area contributed by atoms with Gasteiger partial charge in [0.25, 0.3) is 0 Å². The van der Waals surface area contributed by atoms with Crippen LogP contribution in [0.15, 0.2) is 84.1 Å². The molecule has 2 N–H and O–H groups in total. The number of hydrogen-bond donors (Lipinski definition) is 2. The highest BCUT2D eigenvalue weighted by molar-refractivity contribution is 6.30. The molecule has 3 nitrogen and oxygen atoms in total. The maximum absolute atomic E-state index is 13.5. The van der Waals surface area contributed by atoms with Gasteiger partial charge < -0.3 is 10.6 Å². The van der Waals surface area contributed by atoms with E-state index in [9.17, 15) is 4.79 Å². The quantitative estimate of drug-likeness (QED) is 0.494. The van der Waals surface area contributed by atoms with Gasteiger partial charge in [-0.2, -0.15) is 0 Å². The van der Waals surface area contributed by atoms with Gasteiger partial charge in [-0.25, -0.2) is 0 Å². The van der Waals surface area contributed by atoms with Gasteiger partial charge in [0.05, 0.1) is 17.4 Å². The molecule has 3 aromatic carbocycles. The van der Waals surface area contributed by atoms with Crippen LogP contribution in [-0.4, -0.2) is 5.78 Å². The molecule has 0 unspecified atom stereocenters. The Morgan fingerprint density at radius 1 is 0.867 bits per heavy atom. The second-order valence-electron chi connectivity index (χ2n) is 8.13. The Morgan fingerprint density at radius 3 is 2.40 bits per heavy atom. The van der Waals surface area contributed by atoms with Gasteiger partial charge in [0.15, 0.2) is 5.78 Å². The second kappa shape index (κ2) is 7.66. The summed E-state index contributed by atoms with van der Waals surface area (Å²) in [4.78, 5) is 13.5. The molecular formula is C26H23ClN2O. The van der Waals surface area contributed by atoms with Crippen molar-refractivity contribution in [2.24, 2.45) is 0 Å². The van der Waals surface area contributed by atoms with E-state index >= 15 is 0 Å². The van der Waals surface area contributed by atoms with Crippen LogP contribution in [0.1, 0.15) is 41.5 Å². The molecule has 0 amide bonds. The first-order valence-electron chi connectivity index (χ1n) is 10.3. The van der Waals surface area contributed by atoms with Crippen molar-refractivity contribution in [3.8, 4) is 0 Å². The highest BCUT2D eigenvalue weighted by atomic mass is 35.5. The Bertz CT molecular complexity index is 1140. The SMILES string of the molecule is Cc1ccc2c(c1)N[C@H](c1ccc(Cl)cc1)C1=C(C[C@H](c3ccccc3)CC1=O)N2. The minimum atomic E-state index is -0.211. The van der Waals surface area contributed by atoms with Crippen molar-refractivity contribution in [2.45, 2.75) is 31.7 Å². The minimum Gasteiger partial charge on any atom is -0.372 e. The lowest BCUT2D eigenvalue weighted by Crippen LogP contribution is -2.26. The van der Waals surface area contributed by atoms with Gasteiger partial charge >= 0.3 is 0 Å². The molecule has 0 aromatic heterocycles. The molecule has 5 rings (SSSR count). The van der Waals surface area contributed by atoms with Crippen molar-refractivity contribution >= 4 is 28.8 Å². The lowest BCUT2D eigenvalue weighted by atomic mass is 9.78. The fourth-order valence-electron chi connectivity index (χ4n) is 4.53. The molecule has 2 aliphatic rings. The molecule has 0 spiro atoms. The van der Waals surface area contributed by atoms with Crippen molar-refractivity contribution < 1.29 is 4.79 Å². The van der Waals surface area contributed by atoms with Gasteiger partial charge in [-0.15, -0.1) is 0 Å². The summed E-state index contributed by atoms with van der Waals surface area (Å²) in [5, 5.41) is 7.93. The van der Waals surface area contributed by atoms with Crippen LogP contribution >= 0.6 is 11.6 Å². The average molecular weight is 415 g/mol. The number of carbonyl (C=O) groups excluding carboxylic acids is 1. The summed E-state index contributed by atoms with van der Waals surface area (Å²) in [5.41, 5.74) is 7.28. The van der Waals surface area contributed by atoms with E-state index in [0.717, 1.165) is 34.6 Å². The van der Waals surface area contributed by atoms with E-state index in [1.807, 2.05) is 42.5 Å². The van der Waals surface area contributed by atoms with Crippen LogP contribution in [0, 0.1) is 6.92 Å². The van der Waals surface area contributed by atoms with Gasteiger partial charge in [-0.3, -0.25) is 4.79 Å². The number of aryl methyl sites for hydroxylation is 1. The number of allylic oxidation sites excluding steroid dienone is 1. The van der Waals surface area contributed by atoms with Crippen LogP contribution in [0.3, 0.4) is 0 Å². The number of rotatable bonds is 2. The number of halogens is 1. The zero-order chi connectivity index (χ0) is 20.7. The highest BCUT2D eigenvalue weighted by Gasteiger charge is 2.36. The van der Waals surface area contributed by atoms with E-state index in [0.29, 0.717) is 11.4 Å². The van der Waals surface area contributed by atoms with Crippen LogP contribution in [0.2, 0.25) is 5.02 Å². The normalized spacial score (nSPS) is 20.5. The lowest BCUT2D eigenvalue weighted by molar-refractivity contribution is -0.116. The van der Waals surface area contributed by atoms with Gasteiger partial charge in [0.2, 0.25) is 0 Å². The van der Waals surface area contributed by atoms with Gasteiger partial charge in [0.1, 0.15) is 0 Å². The zero-order valence-corrected chi connectivity index (χ0v) is 17.5. The van der Waals surface area contributed by atoms with Crippen molar-refractivity contribution in [1.82, 2.24) is 0 Å². The van der Waals surface area contributed by atoms with E-state index in [1.54, 1.807) is 0 Å². The molecule has 3 aromatic rings. The van der Waals surface area contributed by atoms with Crippen LogP contribution < -0.4 is 10.6 Å². The summed E-state index contributed by atoms with van der Waals surface area (Å²) in [6, 6.07) is 24.2. The summed E-state index contributed by atoms with van der Waals surface area (Å²) in [5.74, 6) is 0.373. The number of nitrogens with one attached hydrogen (secondary N) is 2. The molecule has 0 radical (unpaired) electrons. The Labute approximate surface area is 181 Å². The number of ketones is 1. The van der Waals surface area contributed by atoms with E-state index < -0.39 is 0 Å². The number of benzene rings is 3. The van der Waals surface area contributed by atoms with E-state index in [4.69, 9.17) is 11.6 Å². The maximum Gasteiger partial charge on any atom is 0.163 e. The lowest BCUT2D eigenvalue weighted by Gasteiger charge is -2.30. The number of Topliss-reactive ketones (excluding diaryl/α,β-unsaturated/α-hetero) is 1. The molecule has 1 aliphatic carbocycles. The monoisotopic (exact) mass is 414 g/mol. The largest absolute Gasteiger partial charge is 0.372 e. The third-order valence-corrected chi connectivity index (χ3v) is 6.28. The number of anilines is 2. The fraction of sp³-hybridized carbons (Fsp3) is 0.192. The summed E-state index contributed by atoms with van der Waals surface area (Å²) in [6.45, 7) is 2.08. The average Bonchev–Trinajstić information content (AvgIpc) is 2.91. The van der Waals surface area contributed by atoms with Gasteiger partial charge in [0, 0.05) is 22.7 Å². The standard InChI is InChI=1S/C26H23ClN2O/c1-16-7-12-21-22(13-16)29-26(18-8-10-20(27)11-9-18)25-23(28-21)14-19(15-24(25)30)17-5-3-2-4-6-17/h2-13,19,26,28-29H,14-15H2,1H3/t19-,26+/m0/s1. The molecule has 1 aliphatic heterocycles. The van der Waals surface area contributed by atoms with E-state index in [-0.39, 0.29) is 17.7 Å².